The molecule has 112 valence electrons. The molecule has 21 heavy (non-hydrogen) atoms. The molecule has 1 amide bonds. The van der Waals surface area contributed by atoms with Crippen LogP contribution < -0.4 is 4.90 Å². The Labute approximate surface area is 124 Å². The van der Waals surface area contributed by atoms with Crippen molar-refractivity contribution in [2.75, 3.05) is 31.1 Å². The summed E-state index contributed by atoms with van der Waals surface area (Å²) in [4.78, 5) is 25.1. The van der Waals surface area contributed by atoms with E-state index in [9.17, 15) is 4.79 Å². The van der Waals surface area contributed by atoms with Gasteiger partial charge in [0.2, 0.25) is 5.95 Å². The van der Waals surface area contributed by atoms with Crippen LogP contribution >= 0.6 is 0 Å². The number of rotatable bonds is 1. The first-order chi connectivity index (χ1) is 10.2. The number of carbonyl (C=O) groups is 1. The van der Waals surface area contributed by atoms with E-state index in [1.165, 1.54) is 24.1 Å². The zero-order chi connectivity index (χ0) is 14.4. The Kier molecular flexibility index (Phi) is 2.97. The van der Waals surface area contributed by atoms with Crippen LogP contribution in [0.5, 0.6) is 0 Å². The second-order valence-corrected chi connectivity index (χ2v) is 6.11. The lowest BCUT2D eigenvalue weighted by atomic mass is 9.95. The zero-order valence-corrected chi connectivity index (χ0v) is 12.3. The van der Waals surface area contributed by atoms with Gasteiger partial charge in [-0.15, -0.1) is 0 Å². The molecule has 1 aromatic rings. The second-order valence-electron chi connectivity index (χ2n) is 6.11. The molecule has 0 N–H and O–H groups in total. The highest BCUT2D eigenvalue weighted by Crippen LogP contribution is 2.26. The van der Waals surface area contributed by atoms with Crippen LogP contribution in [0.1, 0.15) is 29.8 Å². The summed E-state index contributed by atoms with van der Waals surface area (Å²) < 4.78 is 5.12. The van der Waals surface area contributed by atoms with Crippen molar-refractivity contribution in [3.05, 3.63) is 17.0 Å². The third-order valence-corrected chi connectivity index (χ3v) is 4.78. The van der Waals surface area contributed by atoms with Crippen molar-refractivity contribution in [1.29, 1.82) is 0 Å². The van der Waals surface area contributed by atoms with Gasteiger partial charge in [-0.3, -0.25) is 4.90 Å². The lowest BCUT2D eigenvalue weighted by Crippen LogP contribution is -2.52. The Hall–Kier alpha value is -1.85. The zero-order valence-electron chi connectivity index (χ0n) is 12.3. The molecule has 2 aliphatic heterocycles. The van der Waals surface area contributed by atoms with Gasteiger partial charge in [-0.05, 0) is 38.2 Å². The van der Waals surface area contributed by atoms with Gasteiger partial charge in [-0.25, -0.2) is 14.8 Å². The van der Waals surface area contributed by atoms with Crippen LogP contribution in [-0.2, 0) is 17.6 Å². The molecule has 3 heterocycles. The summed E-state index contributed by atoms with van der Waals surface area (Å²) in [6, 6.07) is 0.145. The van der Waals surface area contributed by atoms with Crippen molar-refractivity contribution in [1.82, 2.24) is 14.9 Å². The lowest BCUT2D eigenvalue weighted by Gasteiger charge is -2.35. The number of aryl methyl sites for hydroxylation is 2. The molecule has 4 rings (SSSR count). The molecule has 6 heteroatoms. The summed E-state index contributed by atoms with van der Waals surface area (Å²) in [5, 5.41) is 0. The summed E-state index contributed by atoms with van der Waals surface area (Å²) in [5.41, 5.74) is 3.70. The van der Waals surface area contributed by atoms with E-state index in [4.69, 9.17) is 14.7 Å². The minimum absolute atomic E-state index is 0.145. The maximum Gasteiger partial charge on any atom is 0.410 e. The minimum Gasteiger partial charge on any atom is -0.447 e. The van der Waals surface area contributed by atoms with E-state index < -0.39 is 0 Å². The smallest absolute Gasteiger partial charge is 0.410 e. The number of nitrogens with zero attached hydrogens (tertiary/aromatic N) is 4. The van der Waals surface area contributed by atoms with Gasteiger partial charge in [0.15, 0.2) is 0 Å². The molecule has 1 unspecified atom stereocenters. The first kappa shape index (κ1) is 12.9. The Morgan fingerprint density at radius 2 is 2.05 bits per heavy atom. The topological polar surface area (TPSA) is 58.6 Å². The quantitative estimate of drug-likeness (QED) is 0.779. The van der Waals surface area contributed by atoms with Crippen LogP contribution in [0.3, 0.4) is 0 Å². The number of cyclic esters (lactones) is 1. The van der Waals surface area contributed by atoms with E-state index in [0.29, 0.717) is 13.2 Å². The highest BCUT2D eigenvalue weighted by atomic mass is 16.6. The molecule has 1 atom stereocenters. The van der Waals surface area contributed by atoms with E-state index >= 15 is 0 Å². The van der Waals surface area contributed by atoms with Crippen molar-refractivity contribution in [2.45, 2.75) is 38.6 Å². The van der Waals surface area contributed by atoms with Crippen molar-refractivity contribution in [2.24, 2.45) is 0 Å². The van der Waals surface area contributed by atoms with Gasteiger partial charge in [-0.1, -0.05) is 0 Å². The summed E-state index contributed by atoms with van der Waals surface area (Å²) in [5.74, 6) is 0.826. The normalized spacial score (nSPS) is 24.6. The molecule has 2 saturated heterocycles. The average molecular weight is 288 g/mol. The van der Waals surface area contributed by atoms with E-state index in [2.05, 4.69) is 11.8 Å². The summed E-state index contributed by atoms with van der Waals surface area (Å²) in [6.45, 7) is 4.82. The van der Waals surface area contributed by atoms with Gasteiger partial charge in [0.05, 0.1) is 6.04 Å². The molecule has 6 nitrogen and oxygen atoms in total. The van der Waals surface area contributed by atoms with Gasteiger partial charge < -0.3 is 9.64 Å². The second kappa shape index (κ2) is 4.86. The fraction of sp³-hybridized carbons (Fsp3) is 0.667. The summed E-state index contributed by atoms with van der Waals surface area (Å²) >= 11 is 0. The van der Waals surface area contributed by atoms with Crippen LogP contribution in [0.25, 0.3) is 0 Å². The first-order valence-corrected chi connectivity index (χ1v) is 7.77. The Balaban J connectivity index is 1.59. The molecule has 2 fully saturated rings. The Morgan fingerprint density at radius 1 is 1.19 bits per heavy atom. The van der Waals surface area contributed by atoms with E-state index in [1.807, 2.05) is 4.90 Å². The van der Waals surface area contributed by atoms with Crippen LogP contribution in [0.2, 0.25) is 0 Å². The highest BCUT2D eigenvalue weighted by molar-refractivity contribution is 5.70. The first-order valence-electron chi connectivity index (χ1n) is 7.77. The predicted molar refractivity (Wildman–Crippen MR) is 77.5 cm³/mol. The molecule has 0 aromatic carbocycles. The predicted octanol–water partition coefficient (Wildman–Crippen LogP) is 1.30. The molecule has 3 aliphatic rings. The summed E-state index contributed by atoms with van der Waals surface area (Å²) in [7, 11) is 0. The van der Waals surface area contributed by atoms with Crippen molar-refractivity contribution in [3.63, 3.8) is 0 Å². The summed E-state index contributed by atoms with van der Waals surface area (Å²) in [6.07, 6.45) is 4.47. The van der Waals surface area contributed by atoms with Gasteiger partial charge in [-0.2, -0.15) is 0 Å². The molecule has 0 bridgehead atoms. The number of piperazine rings is 1. The molecule has 1 aromatic heterocycles. The number of carbonyl (C=O) groups excluding carboxylic acids is 1. The van der Waals surface area contributed by atoms with Gasteiger partial charge in [0.25, 0.3) is 0 Å². The van der Waals surface area contributed by atoms with Crippen molar-refractivity contribution >= 4 is 12.0 Å². The molecular formula is C15H20N4O2. The fourth-order valence-corrected chi connectivity index (χ4v) is 3.58. The fourth-order valence-electron chi connectivity index (χ4n) is 3.58. The number of anilines is 1. The molecule has 0 saturated carbocycles. The number of amides is 1. The van der Waals surface area contributed by atoms with E-state index in [0.717, 1.165) is 37.6 Å². The maximum atomic E-state index is 11.6. The number of hydrogen-bond acceptors (Lipinski definition) is 5. The van der Waals surface area contributed by atoms with Gasteiger partial charge in [0, 0.05) is 31.0 Å². The van der Waals surface area contributed by atoms with Crippen LogP contribution in [0, 0.1) is 6.92 Å². The van der Waals surface area contributed by atoms with Crippen LogP contribution in [-0.4, -0.2) is 53.2 Å². The lowest BCUT2D eigenvalue weighted by molar-refractivity contribution is 0.157. The molecule has 0 radical (unpaired) electrons. The SMILES string of the molecule is Cc1nc(N2CCN3C(=O)OCC3C2)nc2c1CCCC2. The third kappa shape index (κ3) is 2.13. The number of aromatic nitrogens is 2. The van der Waals surface area contributed by atoms with Crippen molar-refractivity contribution < 1.29 is 9.53 Å². The molecule has 1 aliphatic carbocycles. The maximum absolute atomic E-state index is 11.6. The average Bonchev–Trinajstić information content (AvgIpc) is 2.88. The number of ether oxygens (including phenoxy) is 1. The largest absolute Gasteiger partial charge is 0.447 e. The molecular weight excluding hydrogens is 268 g/mol. The monoisotopic (exact) mass is 288 g/mol. The third-order valence-electron chi connectivity index (χ3n) is 4.78. The Morgan fingerprint density at radius 3 is 2.95 bits per heavy atom. The van der Waals surface area contributed by atoms with E-state index in [1.54, 1.807) is 0 Å². The molecule has 0 spiro atoms. The van der Waals surface area contributed by atoms with Gasteiger partial charge in [0.1, 0.15) is 6.61 Å². The standard InChI is InChI=1S/C15H20N4O2/c1-10-12-4-2-3-5-13(12)17-14(16-10)18-6-7-19-11(8-18)9-21-15(19)20/h11H,2-9H2,1H3. The number of hydrogen-bond donors (Lipinski definition) is 0. The Bertz CT molecular complexity index is 589. The van der Waals surface area contributed by atoms with Crippen LogP contribution in [0.4, 0.5) is 10.7 Å². The highest BCUT2D eigenvalue weighted by Gasteiger charge is 2.38. The van der Waals surface area contributed by atoms with Gasteiger partial charge >= 0.3 is 6.09 Å². The minimum atomic E-state index is -0.179. The van der Waals surface area contributed by atoms with Crippen molar-refractivity contribution in [3.8, 4) is 0 Å². The van der Waals surface area contributed by atoms with E-state index in [-0.39, 0.29) is 12.1 Å². The number of fused-ring (bicyclic) bond motifs is 2. The van der Waals surface area contributed by atoms with Crippen LogP contribution in [0.15, 0.2) is 0 Å².